The number of aryl methyl sites for hydroxylation is 1. The van der Waals surface area contributed by atoms with E-state index in [1.165, 1.54) is 0 Å². The summed E-state index contributed by atoms with van der Waals surface area (Å²) in [5.74, 6) is -0.235. The van der Waals surface area contributed by atoms with Crippen molar-refractivity contribution in [3.05, 3.63) is 17.7 Å². The molecule has 14 heavy (non-hydrogen) atoms. The number of imidazole rings is 1. The molecule has 0 bridgehead atoms. The summed E-state index contributed by atoms with van der Waals surface area (Å²) in [6, 6.07) is 0. The monoisotopic (exact) mass is 197 g/mol. The van der Waals surface area contributed by atoms with Gasteiger partial charge in [0, 0.05) is 12.2 Å². The number of H-pyrrole nitrogens is 1. The summed E-state index contributed by atoms with van der Waals surface area (Å²) in [5, 5.41) is 2.96. The van der Waals surface area contributed by atoms with Gasteiger partial charge in [-0.3, -0.25) is 4.79 Å². The smallest absolute Gasteiger partial charge is 0.319 e. The predicted octanol–water partition coefficient (Wildman–Crippen LogP) is 0.371. The number of hydrogen-bond donors (Lipinski definition) is 2. The molecule has 0 aromatic carbocycles. The number of ether oxygens (including phenoxy) is 1. The molecule has 0 radical (unpaired) electrons. The average Bonchev–Trinajstić information content (AvgIpc) is 2.52. The molecule has 5 heteroatoms. The maximum atomic E-state index is 10.9. The van der Waals surface area contributed by atoms with Crippen molar-refractivity contribution in [2.24, 2.45) is 0 Å². The molecule has 0 unspecified atom stereocenters. The number of rotatable bonds is 5. The van der Waals surface area contributed by atoms with E-state index in [4.69, 9.17) is 4.74 Å². The first kappa shape index (κ1) is 10.7. The third-order valence-corrected chi connectivity index (χ3v) is 1.80. The second-order valence-corrected chi connectivity index (χ2v) is 2.88. The zero-order valence-electron chi connectivity index (χ0n) is 8.46. The highest BCUT2D eigenvalue weighted by atomic mass is 16.5. The molecule has 5 nitrogen and oxygen atoms in total. The average molecular weight is 197 g/mol. The van der Waals surface area contributed by atoms with Crippen LogP contribution in [0.2, 0.25) is 0 Å². The summed E-state index contributed by atoms with van der Waals surface area (Å²) in [5.41, 5.74) is 1.94. The Bertz CT molecular complexity index is 296. The highest BCUT2D eigenvalue weighted by molar-refractivity contribution is 5.71. The van der Waals surface area contributed by atoms with Gasteiger partial charge in [0.25, 0.3) is 0 Å². The summed E-state index contributed by atoms with van der Waals surface area (Å²) in [7, 11) is 0. The summed E-state index contributed by atoms with van der Waals surface area (Å²) in [4.78, 5) is 18.0. The zero-order chi connectivity index (χ0) is 10.4. The molecule has 1 aromatic heterocycles. The van der Waals surface area contributed by atoms with Crippen molar-refractivity contribution in [1.29, 1.82) is 0 Å². The minimum absolute atomic E-state index is 0.222. The van der Waals surface area contributed by atoms with E-state index in [0.717, 1.165) is 11.4 Å². The fourth-order valence-corrected chi connectivity index (χ4v) is 1.06. The summed E-state index contributed by atoms with van der Waals surface area (Å²) >= 11 is 0. The van der Waals surface area contributed by atoms with E-state index in [1.807, 2.05) is 6.92 Å². The van der Waals surface area contributed by atoms with Gasteiger partial charge in [0.2, 0.25) is 0 Å². The van der Waals surface area contributed by atoms with E-state index in [0.29, 0.717) is 13.2 Å². The van der Waals surface area contributed by atoms with Gasteiger partial charge in [-0.2, -0.15) is 0 Å². The van der Waals surface area contributed by atoms with E-state index in [1.54, 1.807) is 13.3 Å². The molecule has 0 aliphatic carbocycles. The van der Waals surface area contributed by atoms with Gasteiger partial charge in [0.1, 0.15) is 0 Å². The van der Waals surface area contributed by atoms with E-state index in [2.05, 4.69) is 15.3 Å². The van der Waals surface area contributed by atoms with E-state index in [9.17, 15) is 4.79 Å². The molecule has 1 heterocycles. The van der Waals surface area contributed by atoms with Crippen LogP contribution in [0.3, 0.4) is 0 Å². The number of esters is 1. The standard InChI is InChI=1S/C9H15N3O2/c1-3-14-9(13)5-10-4-8-7(2)11-6-12-8/h6,10H,3-5H2,1-2H3,(H,11,12). The Hall–Kier alpha value is -1.36. The molecule has 0 fully saturated rings. The first-order valence-electron chi connectivity index (χ1n) is 4.59. The lowest BCUT2D eigenvalue weighted by Crippen LogP contribution is -2.24. The maximum Gasteiger partial charge on any atom is 0.319 e. The topological polar surface area (TPSA) is 67.0 Å². The summed E-state index contributed by atoms with van der Waals surface area (Å²) in [6.07, 6.45) is 1.64. The predicted molar refractivity (Wildman–Crippen MR) is 51.7 cm³/mol. The van der Waals surface area contributed by atoms with Gasteiger partial charge in [-0.15, -0.1) is 0 Å². The Kier molecular flexibility index (Phi) is 4.12. The number of hydrogen-bond acceptors (Lipinski definition) is 4. The Morgan fingerprint density at radius 2 is 2.50 bits per heavy atom. The third-order valence-electron chi connectivity index (χ3n) is 1.80. The van der Waals surface area contributed by atoms with Crippen LogP contribution in [0.4, 0.5) is 0 Å². The van der Waals surface area contributed by atoms with Crippen LogP contribution in [0.25, 0.3) is 0 Å². The van der Waals surface area contributed by atoms with Gasteiger partial charge in [0.15, 0.2) is 0 Å². The molecular formula is C9H15N3O2. The molecule has 0 aliphatic rings. The van der Waals surface area contributed by atoms with Crippen molar-refractivity contribution in [2.75, 3.05) is 13.2 Å². The van der Waals surface area contributed by atoms with E-state index >= 15 is 0 Å². The first-order chi connectivity index (χ1) is 6.74. The molecule has 0 amide bonds. The largest absolute Gasteiger partial charge is 0.465 e. The lowest BCUT2D eigenvalue weighted by atomic mass is 10.3. The second kappa shape index (κ2) is 5.39. The van der Waals surface area contributed by atoms with Crippen LogP contribution in [-0.2, 0) is 16.1 Å². The molecule has 1 rings (SSSR count). The fraction of sp³-hybridized carbons (Fsp3) is 0.556. The van der Waals surface area contributed by atoms with Crippen LogP contribution < -0.4 is 5.32 Å². The van der Waals surface area contributed by atoms with Gasteiger partial charge in [-0.05, 0) is 13.8 Å². The molecule has 2 N–H and O–H groups in total. The number of aromatic nitrogens is 2. The van der Waals surface area contributed by atoms with Crippen LogP contribution in [0, 0.1) is 6.92 Å². The van der Waals surface area contributed by atoms with Crippen molar-refractivity contribution in [3.8, 4) is 0 Å². The fourth-order valence-electron chi connectivity index (χ4n) is 1.06. The van der Waals surface area contributed by atoms with Crippen molar-refractivity contribution < 1.29 is 9.53 Å². The number of carbonyl (C=O) groups excluding carboxylic acids is 1. The van der Waals surface area contributed by atoms with Crippen molar-refractivity contribution >= 4 is 5.97 Å². The second-order valence-electron chi connectivity index (χ2n) is 2.88. The molecule has 0 atom stereocenters. The molecular weight excluding hydrogens is 182 g/mol. The highest BCUT2D eigenvalue weighted by Gasteiger charge is 2.03. The Morgan fingerprint density at radius 3 is 3.07 bits per heavy atom. The Morgan fingerprint density at radius 1 is 1.71 bits per heavy atom. The number of nitrogens with zero attached hydrogens (tertiary/aromatic N) is 1. The number of aromatic amines is 1. The maximum absolute atomic E-state index is 10.9. The van der Waals surface area contributed by atoms with Crippen LogP contribution >= 0.6 is 0 Å². The number of carbonyl (C=O) groups is 1. The zero-order valence-corrected chi connectivity index (χ0v) is 8.46. The van der Waals surface area contributed by atoms with Crippen molar-refractivity contribution in [3.63, 3.8) is 0 Å². The SMILES string of the molecule is CCOC(=O)CNCc1nc[nH]c1C. The molecule has 0 spiro atoms. The van der Waals surface area contributed by atoms with Crippen LogP contribution in [0.5, 0.6) is 0 Å². The molecule has 0 saturated carbocycles. The summed E-state index contributed by atoms with van der Waals surface area (Å²) in [6.45, 7) is 4.94. The van der Waals surface area contributed by atoms with Crippen LogP contribution in [0.1, 0.15) is 18.3 Å². The Labute approximate surface area is 82.9 Å². The van der Waals surface area contributed by atoms with Gasteiger partial charge in [-0.1, -0.05) is 0 Å². The molecule has 1 aromatic rings. The van der Waals surface area contributed by atoms with Crippen LogP contribution in [0.15, 0.2) is 6.33 Å². The van der Waals surface area contributed by atoms with Crippen LogP contribution in [-0.4, -0.2) is 29.1 Å². The molecule has 0 aliphatic heterocycles. The van der Waals surface area contributed by atoms with E-state index < -0.39 is 0 Å². The van der Waals surface area contributed by atoms with E-state index in [-0.39, 0.29) is 12.5 Å². The minimum atomic E-state index is -0.235. The third kappa shape index (κ3) is 3.18. The minimum Gasteiger partial charge on any atom is -0.465 e. The first-order valence-corrected chi connectivity index (χ1v) is 4.59. The highest BCUT2D eigenvalue weighted by Crippen LogP contribution is 1.98. The van der Waals surface area contributed by atoms with Crippen molar-refractivity contribution in [2.45, 2.75) is 20.4 Å². The molecule has 0 saturated heterocycles. The van der Waals surface area contributed by atoms with Gasteiger partial charge in [0.05, 0.1) is 25.2 Å². The molecule has 78 valence electrons. The van der Waals surface area contributed by atoms with Gasteiger partial charge < -0.3 is 15.0 Å². The quantitative estimate of drug-likeness (QED) is 0.669. The lowest BCUT2D eigenvalue weighted by molar-refractivity contribution is -0.142. The van der Waals surface area contributed by atoms with Gasteiger partial charge >= 0.3 is 5.97 Å². The Balaban J connectivity index is 2.22. The lowest BCUT2D eigenvalue weighted by Gasteiger charge is -2.03. The van der Waals surface area contributed by atoms with Crippen molar-refractivity contribution in [1.82, 2.24) is 15.3 Å². The summed E-state index contributed by atoms with van der Waals surface area (Å²) < 4.78 is 4.76. The number of nitrogens with one attached hydrogen (secondary N) is 2. The van der Waals surface area contributed by atoms with Gasteiger partial charge in [-0.25, -0.2) is 4.98 Å². The normalized spacial score (nSPS) is 10.1.